The lowest BCUT2D eigenvalue weighted by atomic mass is 10.1. The molecule has 1 rings (SSSR count). The van der Waals surface area contributed by atoms with Crippen molar-refractivity contribution in [1.29, 1.82) is 0 Å². The molecule has 0 radical (unpaired) electrons. The lowest BCUT2D eigenvalue weighted by Gasteiger charge is -2.18. The average molecular weight is 308 g/mol. The number of hydrogen-bond acceptors (Lipinski definition) is 3. The van der Waals surface area contributed by atoms with Crippen LogP contribution in [0.15, 0.2) is 35.4 Å². The van der Waals surface area contributed by atoms with Gasteiger partial charge < -0.3 is 20.1 Å². The molecule has 124 valence electrons. The van der Waals surface area contributed by atoms with E-state index in [-0.39, 0.29) is 12.1 Å². The maximum absolute atomic E-state index is 12.2. The fourth-order valence-electron chi connectivity index (χ4n) is 2.40. The van der Waals surface area contributed by atoms with Gasteiger partial charge in [0, 0.05) is 18.5 Å². The Morgan fingerprint density at radius 3 is 2.45 bits per heavy atom. The summed E-state index contributed by atoms with van der Waals surface area (Å²) in [7, 11) is 3.20. The zero-order valence-corrected chi connectivity index (χ0v) is 14.1. The highest BCUT2D eigenvalue weighted by molar-refractivity contribution is 5.77. The molecule has 0 aromatic heterocycles. The van der Waals surface area contributed by atoms with Gasteiger partial charge in [0.05, 0.1) is 19.9 Å². The van der Waals surface area contributed by atoms with Gasteiger partial charge in [0.15, 0.2) is 0 Å². The number of carbonyl (C=O) groups excluding carboxylic acids is 1. The van der Waals surface area contributed by atoms with E-state index in [4.69, 9.17) is 9.47 Å². The molecule has 0 aliphatic heterocycles. The van der Waals surface area contributed by atoms with Crippen LogP contribution in [0.4, 0.5) is 4.79 Å². The van der Waals surface area contributed by atoms with Crippen LogP contribution in [0.1, 0.15) is 46.0 Å². The predicted octanol–water partition coefficient (Wildman–Crippen LogP) is 3.60. The molecule has 22 heavy (non-hydrogen) atoms. The number of amides is 2. The molecule has 0 saturated carbocycles. The Hall–Kier alpha value is -1.91. The second-order valence-electron chi connectivity index (χ2n) is 5.28. The molecule has 1 aliphatic rings. The first-order valence-electron chi connectivity index (χ1n) is 7.91. The smallest absolute Gasteiger partial charge is 0.319 e. The third-order valence-corrected chi connectivity index (χ3v) is 3.50. The second kappa shape index (κ2) is 9.92. The van der Waals surface area contributed by atoms with Gasteiger partial charge >= 0.3 is 6.03 Å². The minimum Gasteiger partial charge on any atom is -0.501 e. The lowest BCUT2D eigenvalue weighted by molar-refractivity contribution is 0.236. The highest BCUT2D eigenvalue weighted by Gasteiger charge is 2.14. The molecule has 2 amide bonds. The number of methoxy groups -OCH3 is 2. The molecular formula is C17H28N2O3. The van der Waals surface area contributed by atoms with Crippen LogP contribution in [-0.4, -0.2) is 26.3 Å². The SMILES string of the molecule is CCCC(CCC)NC(=O)NC1=C(OC)C=C(OC)CC=C1. The monoisotopic (exact) mass is 308 g/mol. The lowest BCUT2D eigenvalue weighted by Crippen LogP contribution is -2.41. The van der Waals surface area contributed by atoms with E-state index < -0.39 is 0 Å². The zero-order valence-electron chi connectivity index (χ0n) is 14.1. The van der Waals surface area contributed by atoms with E-state index in [1.807, 2.05) is 12.2 Å². The first kappa shape index (κ1) is 18.1. The number of rotatable bonds is 8. The van der Waals surface area contributed by atoms with E-state index in [0.717, 1.165) is 31.4 Å². The third-order valence-electron chi connectivity index (χ3n) is 3.50. The van der Waals surface area contributed by atoms with Crippen molar-refractivity contribution in [2.45, 2.75) is 52.0 Å². The van der Waals surface area contributed by atoms with E-state index in [2.05, 4.69) is 24.5 Å². The number of hydrogen-bond donors (Lipinski definition) is 2. The van der Waals surface area contributed by atoms with Crippen molar-refractivity contribution in [3.63, 3.8) is 0 Å². The summed E-state index contributed by atoms with van der Waals surface area (Å²) in [5.41, 5.74) is 0.638. The van der Waals surface area contributed by atoms with Gasteiger partial charge in [0.1, 0.15) is 11.5 Å². The van der Waals surface area contributed by atoms with Crippen molar-refractivity contribution in [3.8, 4) is 0 Å². The molecule has 5 nitrogen and oxygen atoms in total. The van der Waals surface area contributed by atoms with E-state index >= 15 is 0 Å². The Labute approximate surface area is 133 Å². The Bertz CT molecular complexity index is 447. The number of ether oxygens (including phenoxy) is 2. The Balaban J connectivity index is 2.75. The number of urea groups is 1. The highest BCUT2D eigenvalue weighted by atomic mass is 16.5. The summed E-state index contributed by atoms with van der Waals surface area (Å²) in [6.45, 7) is 4.25. The van der Waals surface area contributed by atoms with Gasteiger partial charge in [-0.2, -0.15) is 0 Å². The molecule has 0 aromatic carbocycles. The summed E-state index contributed by atoms with van der Waals surface area (Å²) in [6, 6.07) is 0.0109. The molecule has 0 saturated heterocycles. The Kier molecular flexibility index (Phi) is 8.18. The van der Waals surface area contributed by atoms with Crippen LogP contribution in [0.3, 0.4) is 0 Å². The van der Waals surface area contributed by atoms with Crippen molar-refractivity contribution in [3.05, 3.63) is 35.4 Å². The Morgan fingerprint density at radius 2 is 1.91 bits per heavy atom. The minimum atomic E-state index is -0.199. The van der Waals surface area contributed by atoms with Gasteiger partial charge in [0.25, 0.3) is 0 Å². The van der Waals surface area contributed by atoms with Crippen molar-refractivity contribution in [1.82, 2.24) is 10.6 Å². The van der Waals surface area contributed by atoms with Gasteiger partial charge in [-0.3, -0.25) is 0 Å². The van der Waals surface area contributed by atoms with Gasteiger partial charge in [-0.25, -0.2) is 4.79 Å². The van der Waals surface area contributed by atoms with Crippen LogP contribution >= 0.6 is 0 Å². The predicted molar refractivity (Wildman–Crippen MR) is 88.2 cm³/mol. The van der Waals surface area contributed by atoms with Crippen LogP contribution < -0.4 is 10.6 Å². The van der Waals surface area contributed by atoms with E-state index in [1.54, 1.807) is 20.3 Å². The van der Waals surface area contributed by atoms with Gasteiger partial charge in [0.2, 0.25) is 0 Å². The zero-order chi connectivity index (χ0) is 16.4. The molecule has 0 unspecified atom stereocenters. The topological polar surface area (TPSA) is 59.6 Å². The maximum atomic E-state index is 12.2. The van der Waals surface area contributed by atoms with Crippen molar-refractivity contribution in [2.75, 3.05) is 14.2 Å². The fourth-order valence-corrected chi connectivity index (χ4v) is 2.40. The van der Waals surface area contributed by atoms with Gasteiger partial charge in [-0.1, -0.05) is 32.8 Å². The molecule has 0 atom stereocenters. The molecular weight excluding hydrogens is 280 g/mol. The summed E-state index contributed by atoms with van der Waals surface area (Å²) in [6.07, 6.45) is 10.3. The minimum absolute atomic E-state index is 0.199. The fraction of sp³-hybridized carbons (Fsp3) is 0.588. The first-order chi connectivity index (χ1) is 10.6. The molecule has 0 heterocycles. The summed E-state index contributed by atoms with van der Waals surface area (Å²) in [5, 5.41) is 5.90. The molecule has 0 fully saturated rings. The van der Waals surface area contributed by atoms with E-state index in [9.17, 15) is 4.79 Å². The molecule has 2 N–H and O–H groups in total. The van der Waals surface area contributed by atoms with Crippen LogP contribution in [0.5, 0.6) is 0 Å². The molecule has 1 aliphatic carbocycles. The normalized spacial score (nSPS) is 14.5. The van der Waals surface area contributed by atoms with Crippen LogP contribution in [-0.2, 0) is 9.47 Å². The first-order valence-corrected chi connectivity index (χ1v) is 7.91. The summed E-state index contributed by atoms with van der Waals surface area (Å²) in [5.74, 6) is 1.38. The highest BCUT2D eigenvalue weighted by Crippen LogP contribution is 2.17. The number of nitrogens with one attached hydrogen (secondary N) is 2. The van der Waals surface area contributed by atoms with Crippen LogP contribution in [0.2, 0.25) is 0 Å². The largest absolute Gasteiger partial charge is 0.501 e. The quantitative estimate of drug-likeness (QED) is 0.720. The Morgan fingerprint density at radius 1 is 1.23 bits per heavy atom. The second-order valence-corrected chi connectivity index (χ2v) is 5.28. The number of carbonyl (C=O) groups is 1. The van der Waals surface area contributed by atoms with E-state index in [1.165, 1.54) is 0 Å². The average Bonchev–Trinajstić information content (AvgIpc) is 2.69. The molecule has 0 spiro atoms. The standard InChI is InChI=1S/C17H28N2O3/c1-5-8-13(9-6-2)18-17(20)19-15-11-7-10-14(21-3)12-16(15)22-4/h7,11-13H,5-6,8-10H2,1-4H3,(H2,18,19,20). The van der Waals surface area contributed by atoms with E-state index in [0.29, 0.717) is 17.9 Å². The third kappa shape index (κ3) is 5.84. The van der Waals surface area contributed by atoms with Crippen LogP contribution in [0, 0.1) is 0 Å². The molecule has 5 heteroatoms. The molecule has 0 aromatic rings. The summed E-state index contributed by atoms with van der Waals surface area (Å²) >= 11 is 0. The molecule has 0 bridgehead atoms. The maximum Gasteiger partial charge on any atom is 0.319 e. The summed E-state index contributed by atoms with van der Waals surface area (Å²) in [4.78, 5) is 12.2. The van der Waals surface area contributed by atoms with Gasteiger partial charge in [-0.05, 0) is 18.9 Å². The van der Waals surface area contributed by atoms with Gasteiger partial charge in [-0.15, -0.1) is 0 Å². The van der Waals surface area contributed by atoms with Crippen molar-refractivity contribution < 1.29 is 14.3 Å². The van der Waals surface area contributed by atoms with Crippen LogP contribution in [0.25, 0.3) is 0 Å². The number of allylic oxidation sites excluding steroid dienone is 3. The summed E-state index contributed by atoms with van der Waals surface area (Å²) < 4.78 is 10.6. The van der Waals surface area contributed by atoms with Crippen molar-refractivity contribution in [2.24, 2.45) is 0 Å². The van der Waals surface area contributed by atoms with Crippen molar-refractivity contribution >= 4 is 6.03 Å².